The van der Waals surface area contributed by atoms with Crippen molar-refractivity contribution in [3.63, 3.8) is 0 Å². The van der Waals surface area contributed by atoms with Gasteiger partial charge in [-0.15, -0.1) is 34.0 Å². The van der Waals surface area contributed by atoms with Gasteiger partial charge in [0.1, 0.15) is 0 Å². The number of unbranched alkanes of at least 4 members (excludes halogenated alkanes) is 18. The number of hydrogen-bond acceptors (Lipinski definition) is 3. The maximum absolute atomic E-state index is 2.53. The molecule has 0 radical (unpaired) electrons. The highest BCUT2D eigenvalue weighted by molar-refractivity contribution is 7.29. The van der Waals surface area contributed by atoms with Crippen molar-refractivity contribution in [1.29, 1.82) is 0 Å². The predicted octanol–water partition coefficient (Wildman–Crippen LogP) is 15.4. The van der Waals surface area contributed by atoms with E-state index in [1.807, 2.05) is 34.0 Å². The molecule has 0 aliphatic heterocycles. The average Bonchev–Trinajstić information content (AvgIpc) is 3.73. The van der Waals surface area contributed by atoms with Gasteiger partial charge in [-0.25, -0.2) is 0 Å². The van der Waals surface area contributed by atoms with Gasteiger partial charge in [-0.05, 0) is 49.9 Å². The number of hydrogen-bond donors (Lipinski definition) is 0. The number of benzene rings is 2. The van der Waals surface area contributed by atoms with Crippen LogP contribution in [0.3, 0.4) is 0 Å². The van der Waals surface area contributed by atoms with Gasteiger partial charge in [0.15, 0.2) is 0 Å². The Bertz CT molecular complexity index is 1400. The Labute approximate surface area is 274 Å². The second kappa shape index (κ2) is 17.9. The smallest absolute Gasteiger partial charge is 0.0442 e. The first-order chi connectivity index (χ1) is 21.3. The molecular formula is C40H56S3. The van der Waals surface area contributed by atoms with Crippen molar-refractivity contribution < 1.29 is 0 Å². The fourth-order valence-corrected chi connectivity index (χ4v) is 10.5. The zero-order valence-corrected chi connectivity index (χ0v) is 29.7. The summed E-state index contributed by atoms with van der Waals surface area (Å²) in [6, 6.07) is 14.7. The van der Waals surface area contributed by atoms with Crippen LogP contribution in [0.1, 0.15) is 152 Å². The molecule has 3 aromatic heterocycles. The van der Waals surface area contributed by atoms with Gasteiger partial charge in [-0.3, -0.25) is 0 Å². The Kier molecular flexibility index (Phi) is 13.7. The fourth-order valence-electron chi connectivity index (χ4n) is 6.84. The van der Waals surface area contributed by atoms with Gasteiger partial charge >= 0.3 is 0 Å². The molecule has 0 aliphatic rings. The highest BCUT2D eigenvalue weighted by atomic mass is 32.1. The Balaban J connectivity index is 1.14. The van der Waals surface area contributed by atoms with Crippen molar-refractivity contribution >= 4 is 74.4 Å². The van der Waals surface area contributed by atoms with Crippen molar-refractivity contribution in [1.82, 2.24) is 0 Å². The van der Waals surface area contributed by atoms with Gasteiger partial charge < -0.3 is 0 Å². The van der Waals surface area contributed by atoms with Gasteiger partial charge in [0.25, 0.3) is 0 Å². The molecule has 0 spiro atoms. The molecule has 3 heterocycles. The van der Waals surface area contributed by atoms with Crippen LogP contribution in [-0.2, 0) is 12.8 Å². The molecule has 5 rings (SSSR count). The molecule has 0 amide bonds. The first-order valence-electron chi connectivity index (χ1n) is 18.1. The Morgan fingerprint density at radius 1 is 0.372 bits per heavy atom. The second-order valence-electron chi connectivity index (χ2n) is 13.1. The standard InChI is InChI=1S/C40H56S3/c1-3-5-7-9-11-13-15-17-19-21-23-31-29-35-37(41-31)27-25-33-34-26-28-38-36(40(34)43-39(33)35)30-32(42-38)24-22-20-18-16-14-12-10-8-6-4-2/h25-30H,3-24H2,1-2H3. The molecule has 0 saturated carbocycles. The molecule has 5 aromatic rings. The summed E-state index contributed by atoms with van der Waals surface area (Å²) < 4.78 is 5.97. The minimum absolute atomic E-state index is 1.25. The van der Waals surface area contributed by atoms with Crippen LogP contribution >= 0.6 is 34.0 Å². The van der Waals surface area contributed by atoms with Crippen LogP contribution in [0.25, 0.3) is 40.3 Å². The lowest BCUT2D eigenvalue weighted by atomic mass is 10.1. The van der Waals surface area contributed by atoms with E-state index in [9.17, 15) is 0 Å². The van der Waals surface area contributed by atoms with Crippen molar-refractivity contribution in [2.45, 2.75) is 155 Å². The lowest BCUT2D eigenvalue weighted by Crippen LogP contribution is -1.84. The summed E-state index contributed by atoms with van der Waals surface area (Å²) in [6.07, 6.45) is 30.7. The molecule has 234 valence electrons. The molecule has 43 heavy (non-hydrogen) atoms. The third-order valence-electron chi connectivity index (χ3n) is 9.45. The van der Waals surface area contributed by atoms with E-state index >= 15 is 0 Å². The average molecular weight is 633 g/mol. The highest BCUT2D eigenvalue weighted by Gasteiger charge is 2.14. The van der Waals surface area contributed by atoms with Gasteiger partial charge in [0.2, 0.25) is 0 Å². The normalized spacial score (nSPS) is 12.1. The molecule has 0 nitrogen and oxygen atoms in total. The van der Waals surface area contributed by atoms with Gasteiger partial charge in [0.05, 0.1) is 0 Å². The monoisotopic (exact) mass is 632 g/mol. The highest BCUT2D eigenvalue weighted by Crippen LogP contribution is 2.45. The van der Waals surface area contributed by atoms with Crippen LogP contribution in [-0.4, -0.2) is 0 Å². The minimum Gasteiger partial charge on any atom is -0.140 e. The third kappa shape index (κ3) is 9.30. The number of fused-ring (bicyclic) bond motifs is 7. The largest absolute Gasteiger partial charge is 0.140 e. The van der Waals surface area contributed by atoms with Gasteiger partial charge in [0, 0.05) is 50.1 Å². The summed E-state index contributed by atoms with van der Waals surface area (Å²) in [5.41, 5.74) is 0. The van der Waals surface area contributed by atoms with Crippen molar-refractivity contribution in [3.8, 4) is 0 Å². The molecule has 2 aromatic carbocycles. The summed E-state index contributed by atoms with van der Waals surface area (Å²) in [7, 11) is 0. The van der Waals surface area contributed by atoms with E-state index in [2.05, 4.69) is 50.2 Å². The lowest BCUT2D eigenvalue weighted by molar-refractivity contribution is 0.557. The van der Waals surface area contributed by atoms with E-state index < -0.39 is 0 Å². The van der Waals surface area contributed by atoms with Crippen molar-refractivity contribution in [3.05, 3.63) is 46.2 Å². The molecule has 0 aliphatic carbocycles. The number of aryl methyl sites for hydroxylation is 2. The van der Waals surface area contributed by atoms with E-state index in [4.69, 9.17) is 0 Å². The fraction of sp³-hybridized carbons (Fsp3) is 0.600. The van der Waals surface area contributed by atoms with Crippen LogP contribution < -0.4 is 0 Å². The summed E-state index contributed by atoms with van der Waals surface area (Å²) in [5.74, 6) is 0. The maximum atomic E-state index is 2.53. The van der Waals surface area contributed by atoms with Gasteiger partial charge in [-0.2, -0.15) is 0 Å². The Morgan fingerprint density at radius 3 is 1.09 bits per heavy atom. The van der Waals surface area contributed by atoms with Crippen LogP contribution in [0.15, 0.2) is 36.4 Å². The molecule has 0 atom stereocenters. The molecule has 0 N–H and O–H groups in total. The third-order valence-corrected chi connectivity index (χ3v) is 13.1. The first-order valence-corrected chi connectivity index (χ1v) is 20.5. The summed E-state index contributed by atoms with van der Waals surface area (Å²) in [6.45, 7) is 4.61. The lowest BCUT2D eigenvalue weighted by Gasteiger charge is -2.01. The van der Waals surface area contributed by atoms with E-state index in [1.54, 1.807) is 9.75 Å². The predicted molar refractivity (Wildman–Crippen MR) is 201 cm³/mol. The quantitative estimate of drug-likeness (QED) is 0.0666. The minimum atomic E-state index is 1.25. The molecule has 3 heteroatoms. The topological polar surface area (TPSA) is 0 Å². The molecule has 0 bridgehead atoms. The van der Waals surface area contributed by atoms with Crippen molar-refractivity contribution in [2.24, 2.45) is 0 Å². The van der Waals surface area contributed by atoms with Crippen molar-refractivity contribution in [2.75, 3.05) is 0 Å². The number of rotatable bonds is 22. The molecular weight excluding hydrogens is 577 g/mol. The van der Waals surface area contributed by atoms with Crippen LogP contribution in [0, 0.1) is 0 Å². The Morgan fingerprint density at radius 2 is 0.721 bits per heavy atom. The SMILES string of the molecule is CCCCCCCCCCCCc1cc2c(ccc3c4ccc5sc(CCCCCCCCCCCC)cc5c4sc23)s1. The molecule has 0 saturated heterocycles. The zero-order valence-electron chi connectivity index (χ0n) is 27.2. The van der Waals surface area contributed by atoms with E-state index in [1.165, 1.54) is 182 Å². The van der Waals surface area contributed by atoms with Crippen LogP contribution in [0.5, 0.6) is 0 Å². The zero-order chi connectivity index (χ0) is 29.7. The van der Waals surface area contributed by atoms with E-state index in [0.717, 1.165) is 0 Å². The maximum Gasteiger partial charge on any atom is 0.0442 e. The summed E-state index contributed by atoms with van der Waals surface area (Å²) >= 11 is 6.13. The Hall–Kier alpha value is -1.42. The summed E-state index contributed by atoms with van der Waals surface area (Å²) in [5, 5.41) is 5.92. The first kappa shape index (κ1) is 33.0. The van der Waals surface area contributed by atoms with Gasteiger partial charge in [-0.1, -0.05) is 142 Å². The summed E-state index contributed by atoms with van der Waals surface area (Å²) in [4.78, 5) is 3.16. The van der Waals surface area contributed by atoms with Crippen LogP contribution in [0.4, 0.5) is 0 Å². The van der Waals surface area contributed by atoms with Crippen LogP contribution in [0.2, 0.25) is 0 Å². The number of thiophene rings is 3. The molecule has 0 unspecified atom stereocenters. The van der Waals surface area contributed by atoms with E-state index in [-0.39, 0.29) is 0 Å². The molecule has 0 fully saturated rings. The second-order valence-corrected chi connectivity index (χ2v) is 16.5. The van der Waals surface area contributed by atoms with E-state index in [0.29, 0.717) is 0 Å².